The molecular formula is C27H25BrF3N3O2S. The number of nitriles is 1. The van der Waals surface area contributed by atoms with Crippen molar-refractivity contribution in [2.24, 2.45) is 5.92 Å². The second kappa shape index (κ2) is 12.5. The zero-order valence-corrected chi connectivity index (χ0v) is 22.9. The molecule has 5 nitrogen and oxygen atoms in total. The number of amides is 1. The van der Waals surface area contributed by atoms with Gasteiger partial charge in [-0.05, 0) is 67.3 Å². The number of anilines is 1. The Bertz CT molecular complexity index is 1320. The number of nitrogens with zero attached hydrogens (tertiary/aromatic N) is 2. The molecule has 194 valence electrons. The highest BCUT2D eigenvalue weighted by atomic mass is 79.9. The number of ether oxygens (including phenoxy) is 1. The normalized spacial score (nSPS) is 11.3. The van der Waals surface area contributed by atoms with Crippen LogP contribution in [0.3, 0.4) is 0 Å². The van der Waals surface area contributed by atoms with Gasteiger partial charge in [0.1, 0.15) is 16.8 Å². The number of rotatable bonds is 9. The Morgan fingerprint density at radius 2 is 1.97 bits per heavy atom. The summed E-state index contributed by atoms with van der Waals surface area (Å²) in [5.41, 5.74) is 0.0850. The Morgan fingerprint density at radius 3 is 2.59 bits per heavy atom. The lowest BCUT2D eigenvalue weighted by molar-refractivity contribution is -0.138. The molecule has 0 fully saturated rings. The first-order chi connectivity index (χ1) is 17.5. The van der Waals surface area contributed by atoms with E-state index in [4.69, 9.17) is 4.74 Å². The largest absolute Gasteiger partial charge is 0.493 e. The number of hydrogen-bond donors (Lipinski definition) is 1. The maximum atomic E-state index is 13.9. The molecule has 10 heteroatoms. The summed E-state index contributed by atoms with van der Waals surface area (Å²) in [5.74, 6) is 0.464. The van der Waals surface area contributed by atoms with Crippen molar-refractivity contribution >= 4 is 39.3 Å². The van der Waals surface area contributed by atoms with Crippen molar-refractivity contribution in [2.45, 2.75) is 38.4 Å². The van der Waals surface area contributed by atoms with Gasteiger partial charge in [-0.3, -0.25) is 4.79 Å². The average Bonchev–Trinajstić information content (AvgIpc) is 2.82. The van der Waals surface area contributed by atoms with E-state index in [2.05, 4.69) is 40.1 Å². The summed E-state index contributed by atoms with van der Waals surface area (Å²) in [4.78, 5) is 16.8. The highest BCUT2D eigenvalue weighted by Crippen LogP contribution is 2.38. The van der Waals surface area contributed by atoms with Crippen molar-refractivity contribution in [3.8, 4) is 23.1 Å². The molecule has 2 aromatic carbocycles. The molecule has 0 spiro atoms. The molecule has 0 aliphatic heterocycles. The minimum atomic E-state index is -4.77. The predicted molar refractivity (Wildman–Crippen MR) is 143 cm³/mol. The number of hydrogen-bond acceptors (Lipinski definition) is 5. The zero-order chi connectivity index (χ0) is 27.2. The standard InChI is InChI=1S/C27H25BrF3N3O2S/c1-16(2)9-10-36-24-8-7-18(11-17(24)3)23-13-22(27(29,30)31)21(14-32)26(34-23)37-15-25(35)33-20-6-4-5-19(28)12-20/h4-8,11-13,16H,9-10,15H2,1-3H3,(H,33,35). The van der Waals surface area contributed by atoms with E-state index in [1.54, 1.807) is 48.5 Å². The number of pyridine rings is 1. The van der Waals surface area contributed by atoms with E-state index in [9.17, 15) is 23.2 Å². The average molecular weight is 592 g/mol. The van der Waals surface area contributed by atoms with Crippen LogP contribution in [0, 0.1) is 24.2 Å². The number of thioether (sulfide) groups is 1. The summed E-state index contributed by atoms with van der Waals surface area (Å²) in [6.07, 6.45) is -3.89. The van der Waals surface area contributed by atoms with Crippen LogP contribution in [0.1, 0.15) is 37.0 Å². The fraction of sp³-hybridized carbons (Fsp3) is 0.296. The monoisotopic (exact) mass is 591 g/mol. The van der Waals surface area contributed by atoms with E-state index in [-0.39, 0.29) is 16.5 Å². The highest BCUT2D eigenvalue weighted by molar-refractivity contribution is 9.10. The van der Waals surface area contributed by atoms with Crippen molar-refractivity contribution < 1.29 is 22.7 Å². The number of alkyl halides is 3. The molecule has 0 aliphatic rings. The Labute approximate surface area is 226 Å². The van der Waals surface area contributed by atoms with Gasteiger partial charge in [-0.25, -0.2) is 4.98 Å². The molecule has 0 atom stereocenters. The third-order valence-corrected chi connectivity index (χ3v) is 6.74. The van der Waals surface area contributed by atoms with Gasteiger partial charge in [-0.1, -0.05) is 47.6 Å². The summed E-state index contributed by atoms with van der Waals surface area (Å²) in [5, 5.41) is 12.1. The van der Waals surface area contributed by atoms with Crippen molar-refractivity contribution in [1.82, 2.24) is 4.98 Å². The summed E-state index contributed by atoms with van der Waals surface area (Å²) >= 11 is 4.09. The quantitative estimate of drug-likeness (QED) is 0.256. The number of nitrogens with one attached hydrogen (secondary N) is 1. The summed E-state index contributed by atoms with van der Waals surface area (Å²) < 4.78 is 48.2. The van der Waals surface area contributed by atoms with Gasteiger partial charge in [-0.15, -0.1) is 0 Å². The highest BCUT2D eigenvalue weighted by Gasteiger charge is 2.36. The fourth-order valence-electron chi connectivity index (χ4n) is 3.38. The lowest BCUT2D eigenvalue weighted by Crippen LogP contribution is -2.15. The predicted octanol–water partition coefficient (Wildman–Crippen LogP) is 7.87. The van der Waals surface area contributed by atoms with Gasteiger partial charge in [0.2, 0.25) is 5.91 Å². The SMILES string of the molecule is Cc1cc(-c2cc(C(F)(F)F)c(C#N)c(SCC(=O)Nc3cccc(Br)c3)n2)ccc1OCCC(C)C. The third-order valence-electron chi connectivity index (χ3n) is 5.28. The Kier molecular flexibility index (Phi) is 9.62. The number of halogens is 4. The first-order valence-electron chi connectivity index (χ1n) is 11.4. The number of carbonyl (C=O) groups is 1. The van der Waals surface area contributed by atoms with E-state index in [0.29, 0.717) is 29.5 Å². The topological polar surface area (TPSA) is 75.0 Å². The van der Waals surface area contributed by atoms with Crippen LogP contribution in [-0.2, 0) is 11.0 Å². The second-order valence-electron chi connectivity index (χ2n) is 8.70. The summed E-state index contributed by atoms with van der Waals surface area (Å²) in [6.45, 7) is 6.53. The molecule has 3 aromatic rings. The van der Waals surface area contributed by atoms with Gasteiger partial charge < -0.3 is 10.1 Å². The molecule has 37 heavy (non-hydrogen) atoms. The lowest BCUT2D eigenvalue weighted by atomic mass is 10.0. The Hall–Kier alpha value is -3.03. The molecule has 1 aromatic heterocycles. The van der Waals surface area contributed by atoms with E-state index >= 15 is 0 Å². The Balaban J connectivity index is 1.89. The molecular weight excluding hydrogens is 567 g/mol. The van der Waals surface area contributed by atoms with Crippen LogP contribution in [0.5, 0.6) is 5.75 Å². The first-order valence-corrected chi connectivity index (χ1v) is 13.2. The van der Waals surface area contributed by atoms with Gasteiger partial charge in [0.25, 0.3) is 0 Å². The molecule has 1 heterocycles. The van der Waals surface area contributed by atoms with E-state index in [0.717, 1.165) is 34.3 Å². The van der Waals surface area contributed by atoms with Crippen molar-refractivity contribution in [3.05, 3.63) is 69.7 Å². The Morgan fingerprint density at radius 1 is 1.22 bits per heavy atom. The van der Waals surface area contributed by atoms with Crippen LogP contribution in [0.15, 0.2) is 58.0 Å². The second-order valence-corrected chi connectivity index (χ2v) is 10.6. The van der Waals surface area contributed by atoms with Gasteiger partial charge in [-0.2, -0.15) is 18.4 Å². The van der Waals surface area contributed by atoms with E-state index in [1.165, 1.54) is 0 Å². The summed E-state index contributed by atoms with van der Waals surface area (Å²) in [6, 6.07) is 14.5. The minimum absolute atomic E-state index is 0.0538. The molecule has 0 saturated heterocycles. The van der Waals surface area contributed by atoms with Crippen LogP contribution in [0.4, 0.5) is 18.9 Å². The van der Waals surface area contributed by atoms with Crippen molar-refractivity contribution in [3.63, 3.8) is 0 Å². The van der Waals surface area contributed by atoms with Crippen LogP contribution in [0.2, 0.25) is 0 Å². The van der Waals surface area contributed by atoms with Gasteiger partial charge in [0, 0.05) is 15.7 Å². The molecule has 0 aliphatic carbocycles. The number of aromatic nitrogens is 1. The maximum absolute atomic E-state index is 13.9. The van der Waals surface area contributed by atoms with Crippen LogP contribution >= 0.6 is 27.7 Å². The van der Waals surface area contributed by atoms with Crippen LogP contribution in [-0.4, -0.2) is 23.3 Å². The van der Waals surface area contributed by atoms with Crippen LogP contribution in [0.25, 0.3) is 11.3 Å². The molecule has 1 amide bonds. The molecule has 3 rings (SSSR count). The molecule has 0 saturated carbocycles. The number of benzene rings is 2. The molecule has 0 unspecified atom stereocenters. The van der Waals surface area contributed by atoms with E-state index < -0.39 is 23.2 Å². The van der Waals surface area contributed by atoms with Crippen molar-refractivity contribution in [2.75, 3.05) is 17.7 Å². The number of carbonyl (C=O) groups excluding carboxylic acids is 1. The van der Waals surface area contributed by atoms with E-state index in [1.807, 2.05) is 6.92 Å². The molecule has 0 bridgehead atoms. The first kappa shape index (κ1) is 28.5. The van der Waals surface area contributed by atoms with Gasteiger partial charge >= 0.3 is 6.18 Å². The lowest BCUT2D eigenvalue weighted by Gasteiger charge is -2.15. The molecule has 0 radical (unpaired) electrons. The third kappa shape index (κ3) is 7.98. The number of aryl methyl sites for hydroxylation is 1. The van der Waals surface area contributed by atoms with Crippen LogP contribution < -0.4 is 10.1 Å². The minimum Gasteiger partial charge on any atom is -0.493 e. The zero-order valence-electron chi connectivity index (χ0n) is 20.4. The fourth-order valence-corrected chi connectivity index (χ4v) is 4.58. The summed E-state index contributed by atoms with van der Waals surface area (Å²) in [7, 11) is 0. The van der Waals surface area contributed by atoms with Gasteiger partial charge in [0.05, 0.1) is 29.2 Å². The molecule has 1 N–H and O–H groups in total. The van der Waals surface area contributed by atoms with Gasteiger partial charge in [0.15, 0.2) is 0 Å². The maximum Gasteiger partial charge on any atom is 0.417 e. The smallest absolute Gasteiger partial charge is 0.417 e. The van der Waals surface area contributed by atoms with Crippen molar-refractivity contribution in [1.29, 1.82) is 5.26 Å².